The molecule has 0 heterocycles. The summed E-state index contributed by atoms with van der Waals surface area (Å²) in [5, 5.41) is 3.46. The smallest absolute Gasteiger partial charge is 0.185 e. The Morgan fingerprint density at radius 1 is 1.15 bits per heavy atom. The third-order valence-electron chi connectivity index (χ3n) is 4.04. The van der Waals surface area contributed by atoms with Crippen molar-refractivity contribution in [3.05, 3.63) is 71.3 Å². The molecule has 0 saturated heterocycles. The number of allylic oxidation sites excluding steroid dienone is 1. The lowest BCUT2D eigenvalue weighted by atomic mass is 10.1. The number of ether oxygens (including phenoxy) is 1. The second-order valence-corrected chi connectivity index (χ2v) is 6.50. The van der Waals surface area contributed by atoms with Crippen LogP contribution in [0.5, 0.6) is 5.75 Å². The van der Waals surface area contributed by atoms with Gasteiger partial charge in [-0.25, -0.2) is 0 Å². The minimum atomic E-state index is -0.0140. The van der Waals surface area contributed by atoms with E-state index in [0.29, 0.717) is 5.56 Å². The van der Waals surface area contributed by atoms with Gasteiger partial charge in [0.15, 0.2) is 5.78 Å². The number of carbonyl (C=O) groups is 1. The topological polar surface area (TPSA) is 41.6 Å². The number of methoxy groups -OCH3 is 1. The number of nitrogens with one attached hydrogen (secondary N) is 1. The summed E-state index contributed by atoms with van der Waals surface area (Å²) in [6.07, 6.45) is 4.61. The zero-order valence-electron chi connectivity index (χ0n) is 15.9. The van der Waals surface area contributed by atoms with Crippen molar-refractivity contribution in [2.24, 2.45) is 0 Å². The van der Waals surface area contributed by atoms with Crippen molar-refractivity contribution in [1.29, 1.82) is 0 Å². The summed E-state index contributed by atoms with van der Waals surface area (Å²) in [4.78, 5) is 14.4. The van der Waals surface area contributed by atoms with Gasteiger partial charge in [-0.05, 0) is 75.1 Å². The molecule has 0 spiro atoms. The monoisotopic (exact) mass is 352 g/mol. The standard InChI is InChI=1S/C22H28N2O2/c1-24(2)15-5-14-23-17-19-7-4-6-18(16-19)8-13-22(25)20-9-11-21(26-3)12-10-20/h4,6-13,16,23H,5,14-15,17H2,1-3H3. The van der Waals surface area contributed by atoms with Gasteiger partial charge in [-0.1, -0.05) is 30.3 Å². The average molecular weight is 352 g/mol. The molecule has 0 bridgehead atoms. The van der Waals surface area contributed by atoms with E-state index in [9.17, 15) is 4.79 Å². The highest BCUT2D eigenvalue weighted by atomic mass is 16.5. The van der Waals surface area contributed by atoms with Crippen LogP contribution in [0.1, 0.15) is 27.9 Å². The Morgan fingerprint density at radius 3 is 2.62 bits per heavy atom. The zero-order valence-corrected chi connectivity index (χ0v) is 15.9. The van der Waals surface area contributed by atoms with E-state index in [-0.39, 0.29) is 5.78 Å². The molecule has 0 fully saturated rings. The summed E-state index contributed by atoms with van der Waals surface area (Å²) in [7, 11) is 5.78. The van der Waals surface area contributed by atoms with Crippen LogP contribution in [0, 0.1) is 0 Å². The predicted molar refractivity (Wildman–Crippen MR) is 108 cm³/mol. The first-order valence-corrected chi connectivity index (χ1v) is 8.89. The molecule has 0 unspecified atom stereocenters. The molecule has 0 aliphatic carbocycles. The lowest BCUT2D eigenvalue weighted by Crippen LogP contribution is -2.20. The van der Waals surface area contributed by atoms with Gasteiger partial charge in [0.05, 0.1) is 7.11 Å². The number of hydrogen-bond donors (Lipinski definition) is 1. The van der Waals surface area contributed by atoms with E-state index in [1.165, 1.54) is 5.56 Å². The van der Waals surface area contributed by atoms with E-state index in [0.717, 1.165) is 37.4 Å². The lowest BCUT2D eigenvalue weighted by molar-refractivity contribution is 0.104. The van der Waals surface area contributed by atoms with E-state index in [2.05, 4.69) is 36.4 Å². The first kappa shape index (κ1) is 19.9. The Bertz CT molecular complexity index is 721. The number of hydrogen-bond acceptors (Lipinski definition) is 4. The van der Waals surface area contributed by atoms with E-state index in [1.54, 1.807) is 37.5 Å². The molecule has 4 heteroatoms. The van der Waals surface area contributed by atoms with Crippen LogP contribution in [0.3, 0.4) is 0 Å². The quantitative estimate of drug-likeness (QED) is 0.403. The van der Waals surface area contributed by atoms with Crippen LogP contribution in [0.4, 0.5) is 0 Å². The summed E-state index contributed by atoms with van der Waals surface area (Å²) in [6.45, 7) is 2.92. The molecule has 0 radical (unpaired) electrons. The second kappa shape index (κ2) is 10.5. The van der Waals surface area contributed by atoms with Crippen LogP contribution in [0.25, 0.3) is 6.08 Å². The number of rotatable bonds is 10. The Balaban J connectivity index is 1.88. The fraction of sp³-hybridized carbons (Fsp3) is 0.318. The Hall–Kier alpha value is -2.43. The third-order valence-corrected chi connectivity index (χ3v) is 4.04. The van der Waals surface area contributed by atoms with Gasteiger partial charge >= 0.3 is 0 Å². The third kappa shape index (κ3) is 6.82. The summed E-state index contributed by atoms with van der Waals surface area (Å²) in [5.74, 6) is 0.733. The van der Waals surface area contributed by atoms with Crippen molar-refractivity contribution < 1.29 is 9.53 Å². The van der Waals surface area contributed by atoms with E-state index >= 15 is 0 Å². The molecular formula is C22H28N2O2. The molecule has 2 aromatic carbocycles. The van der Waals surface area contributed by atoms with Crippen LogP contribution in [0.15, 0.2) is 54.6 Å². The van der Waals surface area contributed by atoms with Crippen LogP contribution in [0.2, 0.25) is 0 Å². The second-order valence-electron chi connectivity index (χ2n) is 6.50. The van der Waals surface area contributed by atoms with Crippen molar-refractivity contribution in [2.75, 3.05) is 34.3 Å². The zero-order chi connectivity index (χ0) is 18.8. The predicted octanol–water partition coefficient (Wildman–Crippen LogP) is 3.63. The van der Waals surface area contributed by atoms with Crippen molar-refractivity contribution >= 4 is 11.9 Å². The Kier molecular flexibility index (Phi) is 8.06. The lowest BCUT2D eigenvalue weighted by Gasteiger charge is -2.10. The van der Waals surface area contributed by atoms with E-state index in [4.69, 9.17) is 4.74 Å². The molecule has 26 heavy (non-hydrogen) atoms. The largest absolute Gasteiger partial charge is 0.497 e. The molecular weight excluding hydrogens is 324 g/mol. The molecule has 2 rings (SSSR count). The normalized spacial score (nSPS) is 11.2. The van der Waals surface area contributed by atoms with Crippen LogP contribution in [-0.4, -0.2) is 45.0 Å². The number of carbonyl (C=O) groups excluding carboxylic acids is 1. The van der Waals surface area contributed by atoms with Gasteiger partial charge in [0.2, 0.25) is 0 Å². The highest BCUT2D eigenvalue weighted by molar-refractivity contribution is 6.06. The van der Waals surface area contributed by atoms with E-state index in [1.807, 2.05) is 18.2 Å². The first-order valence-electron chi connectivity index (χ1n) is 8.89. The van der Waals surface area contributed by atoms with Gasteiger partial charge in [0, 0.05) is 12.1 Å². The van der Waals surface area contributed by atoms with Gasteiger partial charge in [-0.15, -0.1) is 0 Å². The number of nitrogens with zero attached hydrogens (tertiary/aromatic N) is 1. The average Bonchev–Trinajstić information content (AvgIpc) is 2.66. The maximum absolute atomic E-state index is 12.3. The molecule has 0 aliphatic heterocycles. The highest BCUT2D eigenvalue weighted by Crippen LogP contribution is 2.13. The summed E-state index contributed by atoms with van der Waals surface area (Å²) in [6, 6.07) is 15.4. The van der Waals surface area contributed by atoms with Gasteiger partial charge in [0.25, 0.3) is 0 Å². The SMILES string of the molecule is COc1ccc(C(=O)C=Cc2cccc(CNCCCN(C)C)c2)cc1. The molecule has 4 nitrogen and oxygen atoms in total. The van der Waals surface area contributed by atoms with Crippen molar-refractivity contribution in [2.45, 2.75) is 13.0 Å². The molecule has 0 amide bonds. The van der Waals surface area contributed by atoms with Crippen LogP contribution < -0.4 is 10.1 Å². The molecule has 0 aliphatic rings. The van der Waals surface area contributed by atoms with Crippen LogP contribution >= 0.6 is 0 Å². The fourth-order valence-electron chi connectivity index (χ4n) is 2.58. The minimum Gasteiger partial charge on any atom is -0.497 e. The Morgan fingerprint density at radius 2 is 1.92 bits per heavy atom. The molecule has 138 valence electrons. The van der Waals surface area contributed by atoms with Gasteiger partial charge in [-0.3, -0.25) is 4.79 Å². The number of ketones is 1. The molecule has 0 saturated carbocycles. The minimum absolute atomic E-state index is 0.0140. The van der Waals surface area contributed by atoms with Gasteiger partial charge in [-0.2, -0.15) is 0 Å². The van der Waals surface area contributed by atoms with Crippen molar-refractivity contribution in [1.82, 2.24) is 10.2 Å². The Labute approximate surface area is 156 Å². The number of benzene rings is 2. The molecule has 2 aromatic rings. The van der Waals surface area contributed by atoms with Crippen molar-refractivity contribution in [3.8, 4) is 5.75 Å². The first-order chi connectivity index (χ1) is 12.6. The molecule has 0 aromatic heterocycles. The summed E-state index contributed by atoms with van der Waals surface area (Å²) >= 11 is 0. The van der Waals surface area contributed by atoms with Crippen molar-refractivity contribution in [3.63, 3.8) is 0 Å². The molecule has 1 N–H and O–H groups in total. The summed E-state index contributed by atoms with van der Waals surface area (Å²) in [5.41, 5.74) is 2.90. The van der Waals surface area contributed by atoms with Gasteiger partial charge < -0.3 is 15.0 Å². The molecule has 0 atom stereocenters. The summed E-state index contributed by atoms with van der Waals surface area (Å²) < 4.78 is 5.11. The van der Waals surface area contributed by atoms with E-state index < -0.39 is 0 Å². The maximum atomic E-state index is 12.3. The highest BCUT2D eigenvalue weighted by Gasteiger charge is 2.02. The van der Waals surface area contributed by atoms with Crippen LogP contribution in [-0.2, 0) is 6.54 Å². The van der Waals surface area contributed by atoms with Gasteiger partial charge in [0.1, 0.15) is 5.75 Å². The maximum Gasteiger partial charge on any atom is 0.185 e. The fourth-order valence-corrected chi connectivity index (χ4v) is 2.58.